The van der Waals surface area contributed by atoms with Gasteiger partial charge in [-0.3, -0.25) is 14.9 Å². The normalized spacial score (nSPS) is 16.4. The van der Waals surface area contributed by atoms with Crippen LogP contribution in [0.15, 0.2) is 24.3 Å². The molecule has 1 heterocycles. The minimum Gasteiger partial charge on any atom is -0.508 e. The van der Waals surface area contributed by atoms with Crippen LogP contribution in [0.1, 0.15) is 0 Å². The molecule has 0 unspecified atom stereocenters. The Kier molecular flexibility index (Phi) is 2.29. The summed E-state index contributed by atoms with van der Waals surface area (Å²) in [6.45, 7) is 0.268. The van der Waals surface area contributed by atoms with Crippen LogP contribution in [0.5, 0.6) is 5.75 Å². The molecule has 15 heavy (non-hydrogen) atoms. The number of imide groups is 1. The van der Waals surface area contributed by atoms with Gasteiger partial charge in [0.2, 0.25) is 11.8 Å². The fraction of sp³-hybridized carbons (Fsp3) is 0.200. The lowest BCUT2D eigenvalue weighted by molar-refractivity contribution is -0.130. The highest BCUT2D eigenvalue weighted by atomic mass is 16.3. The molecule has 0 aromatic heterocycles. The molecule has 2 amide bonds. The molecule has 0 spiro atoms. The summed E-state index contributed by atoms with van der Waals surface area (Å²) < 4.78 is 0. The van der Waals surface area contributed by atoms with Crippen LogP contribution in [-0.4, -0.2) is 30.0 Å². The van der Waals surface area contributed by atoms with Crippen molar-refractivity contribution in [1.82, 2.24) is 5.32 Å². The second kappa shape index (κ2) is 3.61. The van der Waals surface area contributed by atoms with Crippen LogP contribution in [0.2, 0.25) is 0 Å². The van der Waals surface area contributed by atoms with E-state index in [0.717, 1.165) is 0 Å². The topological polar surface area (TPSA) is 69.6 Å². The zero-order valence-corrected chi connectivity index (χ0v) is 7.93. The lowest BCUT2D eigenvalue weighted by atomic mass is 10.2. The maximum atomic E-state index is 11.1. The summed E-state index contributed by atoms with van der Waals surface area (Å²) in [5.74, 6) is -0.532. The maximum Gasteiger partial charge on any atom is 0.246 e. The maximum absolute atomic E-state index is 11.1. The molecule has 0 bridgehead atoms. The second-order valence-corrected chi connectivity index (χ2v) is 3.35. The Balaban J connectivity index is 2.23. The summed E-state index contributed by atoms with van der Waals surface area (Å²) in [4.78, 5) is 23.8. The van der Waals surface area contributed by atoms with Crippen molar-refractivity contribution in [2.24, 2.45) is 0 Å². The van der Waals surface area contributed by atoms with Crippen molar-refractivity contribution in [3.05, 3.63) is 24.3 Å². The number of nitrogens with zero attached hydrogens (tertiary/aromatic N) is 1. The molecule has 1 aliphatic rings. The molecule has 0 saturated carbocycles. The molecule has 0 atom stereocenters. The van der Waals surface area contributed by atoms with Crippen LogP contribution in [-0.2, 0) is 9.59 Å². The monoisotopic (exact) mass is 206 g/mol. The molecule has 0 aliphatic carbocycles. The van der Waals surface area contributed by atoms with Gasteiger partial charge in [0.05, 0.1) is 13.1 Å². The Bertz CT molecular complexity index is 401. The Hall–Kier alpha value is -2.04. The van der Waals surface area contributed by atoms with Crippen molar-refractivity contribution in [1.29, 1.82) is 0 Å². The number of carbonyl (C=O) groups is 2. The first-order valence-electron chi connectivity index (χ1n) is 4.52. The van der Waals surface area contributed by atoms with E-state index >= 15 is 0 Å². The number of aromatic hydroxyl groups is 1. The highest BCUT2D eigenvalue weighted by molar-refractivity contribution is 6.02. The number of piperazine rings is 1. The van der Waals surface area contributed by atoms with Crippen molar-refractivity contribution in [3.63, 3.8) is 0 Å². The van der Waals surface area contributed by atoms with E-state index in [4.69, 9.17) is 0 Å². The van der Waals surface area contributed by atoms with Gasteiger partial charge >= 0.3 is 0 Å². The first-order valence-corrected chi connectivity index (χ1v) is 4.52. The molecule has 1 aromatic rings. The smallest absolute Gasteiger partial charge is 0.246 e. The number of carbonyl (C=O) groups excluding carboxylic acids is 2. The van der Waals surface area contributed by atoms with Crippen LogP contribution in [0, 0.1) is 0 Å². The quantitative estimate of drug-likeness (QED) is 0.627. The van der Waals surface area contributed by atoms with Crippen LogP contribution in [0.25, 0.3) is 0 Å². The van der Waals surface area contributed by atoms with Crippen molar-refractivity contribution in [2.75, 3.05) is 18.0 Å². The van der Waals surface area contributed by atoms with Crippen molar-refractivity contribution < 1.29 is 14.7 Å². The van der Waals surface area contributed by atoms with Gasteiger partial charge in [-0.15, -0.1) is 0 Å². The van der Waals surface area contributed by atoms with E-state index in [9.17, 15) is 14.7 Å². The number of benzene rings is 1. The van der Waals surface area contributed by atoms with Gasteiger partial charge in [-0.2, -0.15) is 0 Å². The summed E-state index contributed by atoms with van der Waals surface area (Å²) in [5.41, 5.74) is 0.665. The zero-order valence-electron chi connectivity index (χ0n) is 7.93. The second-order valence-electron chi connectivity index (χ2n) is 3.35. The standard InChI is InChI=1S/C10H10N2O3/c13-8-3-1-2-7(4-8)12-5-9(14)11-10(15)6-12/h1-4,13H,5-6H2,(H,11,14,15). The Labute approximate surface area is 86.3 Å². The molecule has 1 fully saturated rings. The molecule has 2 N–H and O–H groups in total. The minimum atomic E-state index is -0.324. The highest BCUT2D eigenvalue weighted by Crippen LogP contribution is 2.20. The summed E-state index contributed by atoms with van der Waals surface area (Å²) in [6.07, 6.45) is 0. The third-order valence-electron chi connectivity index (χ3n) is 2.14. The van der Waals surface area contributed by atoms with E-state index < -0.39 is 0 Å². The average Bonchev–Trinajstić information content (AvgIpc) is 2.16. The fourth-order valence-electron chi connectivity index (χ4n) is 1.51. The minimum absolute atomic E-state index is 0.117. The van der Waals surface area contributed by atoms with Gasteiger partial charge in [0.15, 0.2) is 0 Å². The van der Waals surface area contributed by atoms with E-state index in [1.165, 1.54) is 12.1 Å². The molecule has 5 nitrogen and oxygen atoms in total. The molecule has 2 rings (SSSR count). The molecular weight excluding hydrogens is 196 g/mol. The van der Waals surface area contributed by atoms with Crippen LogP contribution < -0.4 is 10.2 Å². The zero-order chi connectivity index (χ0) is 10.8. The van der Waals surface area contributed by atoms with E-state index in [1.807, 2.05) is 0 Å². The predicted octanol–water partition coefficient (Wildman–Crippen LogP) is -0.145. The largest absolute Gasteiger partial charge is 0.508 e. The van der Waals surface area contributed by atoms with Gasteiger partial charge in [0.25, 0.3) is 0 Å². The molecule has 1 aliphatic heterocycles. The molecule has 78 valence electrons. The SMILES string of the molecule is O=C1CN(c2cccc(O)c2)CC(=O)N1. The van der Waals surface area contributed by atoms with E-state index in [-0.39, 0.29) is 30.7 Å². The summed E-state index contributed by atoms with van der Waals surface area (Å²) in [5, 5.41) is 11.5. The van der Waals surface area contributed by atoms with Gasteiger partial charge in [-0.25, -0.2) is 0 Å². The predicted molar refractivity (Wildman–Crippen MR) is 53.5 cm³/mol. The number of phenolic OH excluding ortho intramolecular Hbond substituents is 1. The lowest BCUT2D eigenvalue weighted by Crippen LogP contribution is -2.51. The van der Waals surface area contributed by atoms with Gasteiger partial charge in [-0.05, 0) is 12.1 Å². The first kappa shape index (κ1) is 9.51. The average molecular weight is 206 g/mol. The summed E-state index contributed by atoms with van der Waals surface area (Å²) in [6, 6.07) is 6.47. The van der Waals surface area contributed by atoms with E-state index in [2.05, 4.69) is 5.32 Å². The van der Waals surface area contributed by atoms with Crippen molar-refractivity contribution in [3.8, 4) is 5.75 Å². The van der Waals surface area contributed by atoms with Gasteiger partial charge < -0.3 is 10.0 Å². The van der Waals surface area contributed by atoms with Crippen molar-refractivity contribution in [2.45, 2.75) is 0 Å². The van der Waals surface area contributed by atoms with Gasteiger partial charge in [-0.1, -0.05) is 6.07 Å². The summed E-state index contributed by atoms with van der Waals surface area (Å²) >= 11 is 0. The summed E-state index contributed by atoms with van der Waals surface area (Å²) in [7, 11) is 0. The first-order chi connectivity index (χ1) is 7.15. The molecular formula is C10H10N2O3. The molecule has 1 saturated heterocycles. The van der Waals surface area contributed by atoms with E-state index in [0.29, 0.717) is 5.69 Å². The lowest BCUT2D eigenvalue weighted by Gasteiger charge is -2.27. The number of nitrogens with one attached hydrogen (secondary N) is 1. The third-order valence-corrected chi connectivity index (χ3v) is 2.14. The molecule has 1 aromatic carbocycles. The van der Waals surface area contributed by atoms with Crippen molar-refractivity contribution >= 4 is 17.5 Å². The van der Waals surface area contributed by atoms with Crippen LogP contribution in [0.4, 0.5) is 5.69 Å². The Morgan fingerprint density at radius 3 is 2.47 bits per heavy atom. The molecule has 0 radical (unpaired) electrons. The van der Waals surface area contributed by atoms with Crippen LogP contribution >= 0.6 is 0 Å². The van der Waals surface area contributed by atoms with Crippen LogP contribution in [0.3, 0.4) is 0 Å². The number of hydrogen-bond acceptors (Lipinski definition) is 4. The Morgan fingerprint density at radius 1 is 1.20 bits per heavy atom. The highest BCUT2D eigenvalue weighted by Gasteiger charge is 2.22. The Morgan fingerprint density at radius 2 is 1.87 bits per heavy atom. The number of phenols is 1. The van der Waals surface area contributed by atoms with E-state index in [1.54, 1.807) is 17.0 Å². The number of amides is 2. The fourth-order valence-corrected chi connectivity index (χ4v) is 1.51. The molecule has 5 heteroatoms. The third kappa shape index (κ3) is 2.07. The number of hydrogen-bond donors (Lipinski definition) is 2. The number of rotatable bonds is 1. The number of anilines is 1. The van der Waals surface area contributed by atoms with Gasteiger partial charge in [0, 0.05) is 11.8 Å². The van der Waals surface area contributed by atoms with Gasteiger partial charge in [0.1, 0.15) is 5.75 Å².